The molecule has 0 atom stereocenters. The Morgan fingerprint density at radius 3 is 2.44 bits per heavy atom. The Bertz CT molecular complexity index is 950. The number of aromatic nitrogens is 1. The molecule has 6 heteroatoms. The fourth-order valence-electron chi connectivity index (χ4n) is 4.90. The molecular weight excluding hydrogens is 347 g/mol. The SMILES string of the molecule is CCn1cc(C(=O)O)c(=O)c2cc(F)c(N3CCC4(CCCC4)CC3)cc21. The van der Waals surface area contributed by atoms with Crippen molar-refractivity contribution in [2.45, 2.75) is 52.0 Å². The molecule has 1 aromatic heterocycles. The second-order valence-corrected chi connectivity index (χ2v) is 7.98. The van der Waals surface area contributed by atoms with Gasteiger partial charge in [-0.05, 0) is 50.2 Å². The number of pyridine rings is 1. The zero-order chi connectivity index (χ0) is 19.2. The fourth-order valence-corrected chi connectivity index (χ4v) is 4.90. The van der Waals surface area contributed by atoms with Gasteiger partial charge in [0.2, 0.25) is 5.43 Å². The number of piperidine rings is 1. The summed E-state index contributed by atoms with van der Waals surface area (Å²) in [6.07, 6.45) is 8.71. The van der Waals surface area contributed by atoms with Crippen LogP contribution in [0.25, 0.3) is 10.9 Å². The smallest absolute Gasteiger partial charge is 0.341 e. The molecule has 0 radical (unpaired) electrons. The predicted octanol–water partition coefficient (Wildman–Crippen LogP) is 4.02. The van der Waals surface area contributed by atoms with E-state index in [0.717, 1.165) is 25.9 Å². The van der Waals surface area contributed by atoms with Gasteiger partial charge in [0.25, 0.3) is 0 Å². The molecule has 5 nitrogen and oxygen atoms in total. The Labute approximate surface area is 157 Å². The number of fused-ring (bicyclic) bond motifs is 1. The molecule has 0 unspecified atom stereocenters. The molecule has 1 spiro atoms. The van der Waals surface area contributed by atoms with Crippen LogP contribution in [0.4, 0.5) is 10.1 Å². The van der Waals surface area contributed by atoms with Crippen LogP contribution >= 0.6 is 0 Å². The van der Waals surface area contributed by atoms with Gasteiger partial charge in [0.05, 0.1) is 11.2 Å². The van der Waals surface area contributed by atoms with Crippen molar-refractivity contribution in [2.24, 2.45) is 5.41 Å². The second-order valence-electron chi connectivity index (χ2n) is 7.98. The Kier molecular flexibility index (Phi) is 4.44. The molecular formula is C21H25FN2O3. The van der Waals surface area contributed by atoms with Gasteiger partial charge in [-0.15, -0.1) is 0 Å². The number of anilines is 1. The van der Waals surface area contributed by atoms with Crippen molar-refractivity contribution in [3.8, 4) is 0 Å². The summed E-state index contributed by atoms with van der Waals surface area (Å²) in [6.45, 7) is 4.03. The molecule has 144 valence electrons. The molecule has 1 aliphatic heterocycles. The largest absolute Gasteiger partial charge is 0.477 e. The molecule has 1 aromatic carbocycles. The van der Waals surface area contributed by atoms with Gasteiger partial charge in [0.15, 0.2) is 0 Å². The highest BCUT2D eigenvalue weighted by atomic mass is 19.1. The maximum Gasteiger partial charge on any atom is 0.341 e. The molecule has 27 heavy (non-hydrogen) atoms. The van der Waals surface area contributed by atoms with Crippen molar-refractivity contribution >= 4 is 22.6 Å². The molecule has 1 saturated heterocycles. The number of carboxylic acid groups (broad SMARTS) is 1. The highest BCUT2D eigenvalue weighted by molar-refractivity contribution is 5.93. The van der Waals surface area contributed by atoms with Crippen molar-refractivity contribution in [3.63, 3.8) is 0 Å². The van der Waals surface area contributed by atoms with Crippen LogP contribution in [0.3, 0.4) is 0 Å². The highest BCUT2D eigenvalue weighted by Gasteiger charge is 2.37. The Balaban J connectivity index is 1.75. The lowest BCUT2D eigenvalue weighted by atomic mass is 9.77. The van der Waals surface area contributed by atoms with Gasteiger partial charge in [-0.2, -0.15) is 0 Å². The zero-order valence-corrected chi connectivity index (χ0v) is 15.6. The second kappa shape index (κ2) is 6.66. The lowest BCUT2D eigenvalue weighted by Crippen LogP contribution is -2.39. The van der Waals surface area contributed by atoms with Crippen molar-refractivity contribution in [3.05, 3.63) is 39.9 Å². The summed E-state index contributed by atoms with van der Waals surface area (Å²) in [5, 5.41) is 9.39. The average molecular weight is 372 g/mol. The highest BCUT2D eigenvalue weighted by Crippen LogP contribution is 2.47. The van der Waals surface area contributed by atoms with Crippen LogP contribution in [0, 0.1) is 11.2 Å². The lowest BCUT2D eigenvalue weighted by molar-refractivity contribution is 0.0695. The van der Waals surface area contributed by atoms with Gasteiger partial charge in [-0.1, -0.05) is 12.8 Å². The first kappa shape index (κ1) is 18.0. The Morgan fingerprint density at radius 1 is 1.19 bits per heavy atom. The fraction of sp³-hybridized carbons (Fsp3) is 0.524. The van der Waals surface area contributed by atoms with Crippen LogP contribution in [-0.4, -0.2) is 28.7 Å². The molecule has 2 heterocycles. The third-order valence-corrected chi connectivity index (χ3v) is 6.55. The normalized spacial score (nSPS) is 19.1. The van der Waals surface area contributed by atoms with Crippen molar-refractivity contribution < 1.29 is 14.3 Å². The van der Waals surface area contributed by atoms with Crippen molar-refractivity contribution in [1.82, 2.24) is 4.57 Å². The lowest BCUT2D eigenvalue weighted by Gasteiger charge is -2.40. The van der Waals surface area contributed by atoms with Crippen LogP contribution in [0.5, 0.6) is 0 Å². The van der Waals surface area contributed by atoms with E-state index in [0.29, 0.717) is 23.2 Å². The minimum atomic E-state index is -1.29. The molecule has 2 fully saturated rings. The van der Waals surface area contributed by atoms with Gasteiger partial charge in [-0.3, -0.25) is 4.79 Å². The minimum absolute atomic E-state index is 0.127. The quantitative estimate of drug-likeness (QED) is 0.884. The molecule has 1 aliphatic carbocycles. The van der Waals surface area contributed by atoms with Gasteiger partial charge in [0.1, 0.15) is 11.4 Å². The predicted molar refractivity (Wildman–Crippen MR) is 103 cm³/mol. The molecule has 1 N–H and O–H groups in total. The number of carbonyl (C=O) groups is 1. The summed E-state index contributed by atoms with van der Waals surface area (Å²) < 4.78 is 16.6. The van der Waals surface area contributed by atoms with E-state index >= 15 is 0 Å². The van der Waals surface area contributed by atoms with E-state index in [2.05, 4.69) is 4.90 Å². The molecule has 0 bridgehead atoms. The van der Waals surface area contributed by atoms with Crippen molar-refractivity contribution in [2.75, 3.05) is 18.0 Å². The summed E-state index contributed by atoms with van der Waals surface area (Å²) in [6, 6.07) is 2.93. The van der Waals surface area contributed by atoms with E-state index in [-0.39, 0.29) is 10.9 Å². The summed E-state index contributed by atoms with van der Waals surface area (Å²) >= 11 is 0. The summed E-state index contributed by atoms with van der Waals surface area (Å²) in [7, 11) is 0. The molecule has 1 saturated carbocycles. The van der Waals surface area contributed by atoms with Crippen LogP contribution in [-0.2, 0) is 6.54 Å². The van der Waals surface area contributed by atoms with Gasteiger partial charge < -0.3 is 14.6 Å². The first-order valence-electron chi connectivity index (χ1n) is 9.79. The molecule has 2 aliphatic rings. The number of rotatable bonds is 3. The van der Waals surface area contributed by atoms with Crippen LogP contribution in [0.15, 0.2) is 23.1 Å². The first-order chi connectivity index (χ1) is 12.9. The van der Waals surface area contributed by atoms with E-state index in [1.807, 2.05) is 6.92 Å². The maximum absolute atomic E-state index is 14.9. The number of hydrogen-bond acceptors (Lipinski definition) is 3. The minimum Gasteiger partial charge on any atom is -0.477 e. The van der Waals surface area contributed by atoms with Gasteiger partial charge >= 0.3 is 5.97 Å². The van der Waals surface area contributed by atoms with E-state index in [4.69, 9.17) is 0 Å². The van der Waals surface area contributed by atoms with Crippen LogP contribution in [0.1, 0.15) is 55.8 Å². The topological polar surface area (TPSA) is 62.5 Å². The van der Waals surface area contributed by atoms with E-state index in [1.54, 1.807) is 10.6 Å². The number of hydrogen-bond donors (Lipinski definition) is 1. The summed E-state index contributed by atoms with van der Waals surface area (Å²) in [4.78, 5) is 25.9. The van der Waals surface area contributed by atoms with Crippen LogP contribution in [0.2, 0.25) is 0 Å². The molecule has 4 rings (SSSR count). The molecule has 0 amide bonds. The number of aryl methyl sites for hydroxylation is 1. The van der Waals surface area contributed by atoms with E-state index < -0.39 is 17.2 Å². The number of carboxylic acids is 1. The third-order valence-electron chi connectivity index (χ3n) is 6.55. The monoisotopic (exact) mass is 372 g/mol. The number of benzene rings is 1. The zero-order valence-electron chi connectivity index (χ0n) is 15.6. The summed E-state index contributed by atoms with van der Waals surface area (Å²) in [5.74, 6) is -1.74. The number of halogens is 1. The van der Waals surface area contributed by atoms with Crippen LogP contribution < -0.4 is 10.3 Å². The van der Waals surface area contributed by atoms with Gasteiger partial charge in [-0.25, -0.2) is 9.18 Å². The van der Waals surface area contributed by atoms with E-state index in [9.17, 15) is 19.1 Å². The van der Waals surface area contributed by atoms with E-state index in [1.165, 1.54) is 37.9 Å². The first-order valence-corrected chi connectivity index (χ1v) is 9.79. The van der Waals surface area contributed by atoms with Crippen molar-refractivity contribution in [1.29, 1.82) is 0 Å². The summed E-state index contributed by atoms with van der Waals surface area (Å²) in [5.41, 5.74) is 0.602. The average Bonchev–Trinajstić information content (AvgIpc) is 3.11. The standard InChI is InChI=1S/C21H25FN2O3/c1-2-23-13-15(20(26)27)19(25)14-11-16(22)18(12-17(14)23)24-9-7-21(8-10-24)5-3-4-6-21/h11-13H,2-10H2,1H3,(H,26,27). The number of aromatic carboxylic acids is 1. The Hall–Kier alpha value is -2.37. The number of nitrogens with zero attached hydrogens (tertiary/aromatic N) is 2. The third kappa shape index (κ3) is 3.01. The molecule has 2 aromatic rings. The van der Waals surface area contributed by atoms with Gasteiger partial charge in [0, 0.05) is 31.2 Å². The Morgan fingerprint density at radius 2 is 1.85 bits per heavy atom. The maximum atomic E-state index is 14.9.